The Hall–Kier alpha value is -1.55. The van der Waals surface area contributed by atoms with Crippen molar-refractivity contribution in [3.8, 4) is 5.75 Å². The minimum absolute atomic E-state index is 0.109. The fourth-order valence-corrected chi connectivity index (χ4v) is 3.92. The molecular weight excluding hydrogens is 337 g/mol. The molecule has 0 fully saturated rings. The van der Waals surface area contributed by atoms with Gasteiger partial charge in [0.15, 0.2) is 0 Å². The standard InChI is InChI=1S/C16H19ClNO4P/c1-11(2)10-14(16(19)20)18-23(17,21)22-15-9-5-7-12-6-3-4-8-13(12)15/h3-9,11,14H,10H2,1-2H3,(H,18,21)(H,19,20). The van der Waals surface area contributed by atoms with E-state index in [4.69, 9.17) is 15.8 Å². The largest absolute Gasteiger partial charge is 0.480 e. The number of rotatable bonds is 7. The third-order valence-electron chi connectivity index (χ3n) is 3.28. The van der Waals surface area contributed by atoms with E-state index in [2.05, 4.69) is 5.09 Å². The summed E-state index contributed by atoms with van der Waals surface area (Å²) in [5.74, 6) is -0.651. The first-order valence-electron chi connectivity index (χ1n) is 7.26. The predicted octanol–water partition coefficient (Wildman–Crippen LogP) is 4.65. The number of hydrogen-bond acceptors (Lipinski definition) is 3. The molecule has 2 aromatic rings. The smallest absolute Gasteiger partial charge is 0.409 e. The van der Waals surface area contributed by atoms with E-state index in [1.165, 1.54) is 0 Å². The van der Waals surface area contributed by atoms with Crippen LogP contribution < -0.4 is 9.61 Å². The maximum absolute atomic E-state index is 12.5. The molecule has 2 unspecified atom stereocenters. The summed E-state index contributed by atoms with van der Waals surface area (Å²) in [5, 5.41) is 13.3. The first-order valence-corrected chi connectivity index (χ1v) is 9.79. The second-order valence-corrected chi connectivity index (χ2v) is 8.43. The van der Waals surface area contributed by atoms with Gasteiger partial charge in [-0.15, -0.1) is 0 Å². The van der Waals surface area contributed by atoms with E-state index in [-0.39, 0.29) is 5.92 Å². The number of fused-ring (bicyclic) bond motifs is 1. The number of nitrogens with one attached hydrogen (secondary N) is 1. The lowest BCUT2D eigenvalue weighted by Gasteiger charge is -2.21. The fourth-order valence-electron chi connectivity index (χ4n) is 2.29. The molecule has 0 aliphatic rings. The zero-order valence-corrected chi connectivity index (χ0v) is 14.6. The monoisotopic (exact) mass is 355 g/mol. The molecule has 0 aliphatic heterocycles. The first-order chi connectivity index (χ1) is 10.8. The molecule has 0 aromatic heterocycles. The van der Waals surface area contributed by atoms with E-state index in [9.17, 15) is 14.5 Å². The summed E-state index contributed by atoms with van der Waals surface area (Å²) in [6.45, 7) is -0.0890. The van der Waals surface area contributed by atoms with E-state index in [1.54, 1.807) is 12.1 Å². The molecule has 0 aliphatic carbocycles. The van der Waals surface area contributed by atoms with Crippen LogP contribution in [0.4, 0.5) is 0 Å². The van der Waals surface area contributed by atoms with Gasteiger partial charge in [0.2, 0.25) is 0 Å². The van der Waals surface area contributed by atoms with Crippen molar-refractivity contribution in [2.75, 3.05) is 0 Å². The highest BCUT2D eigenvalue weighted by Crippen LogP contribution is 2.50. The topological polar surface area (TPSA) is 75.6 Å². The van der Waals surface area contributed by atoms with E-state index < -0.39 is 18.9 Å². The van der Waals surface area contributed by atoms with Gasteiger partial charge in [-0.1, -0.05) is 50.2 Å². The summed E-state index contributed by atoms with van der Waals surface area (Å²) in [7, 11) is 0. The average molecular weight is 356 g/mol. The van der Waals surface area contributed by atoms with Crippen LogP contribution in [0.1, 0.15) is 20.3 Å². The summed E-state index contributed by atoms with van der Waals surface area (Å²) in [6.07, 6.45) is 0.297. The van der Waals surface area contributed by atoms with Crippen LogP contribution in [0.2, 0.25) is 0 Å². The van der Waals surface area contributed by atoms with Crippen molar-refractivity contribution in [1.82, 2.24) is 5.09 Å². The molecule has 0 radical (unpaired) electrons. The minimum Gasteiger partial charge on any atom is -0.480 e. The zero-order chi connectivity index (χ0) is 17.0. The fraction of sp³-hybridized carbons (Fsp3) is 0.312. The number of aliphatic carboxylic acids is 1. The van der Waals surface area contributed by atoms with Gasteiger partial charge in [-0.3, -0.25) is 4.79 Å². The van der Waals surface area contributed by atoms with Gasteiger partial charge in [0.1, 0.15) is 11.8 Å². The molecule has 0 saturated carbocycles. The number of carboxylic acid groups (broad SMARTS) is 1. The molecule has 2 atom stereocenters. The van der Waals surface area contributed by atoms with Crippen LogP contribution in [-0.4, -0.2) is 17.1 Å². The first kappa shape index (κ1) is 17.8. The molecule has 0 heterocycles. The Kier molecular flexibility index (Phi) is 5.69. The number of hydrogen-bond donors (Lipinski definition) is 2. The molecular formula is C16H19ClNO4P. The zero-order valence-electron chi connectivity index (χ0n) is 12.9. The predicted molar refractivity (Wildman–Crippen MR) is 92.1 cm³/mol. The van der Waals surface area contributed by atoms with Crippen LogP contribution in [0, 0.1) is 5.92 Å². The van der Waals surface area contributed by atoms with Gasteiger partial charge in [0, 0.05) is 16.6 Å². The molecule has 23 heavy (non-hydrogen) atoms. The lowest BCUT2D eigenvalue weighted by atomic mass is 10.1. The molecule has 0 amide bonds. The van der Waals surface area contributed by atoms with E-state index >= 15 is 0 Å². The lowest BCUT2D eigenvalue weighted by molar-refractivity contribution is -0.139. The van der Waals surface area contributed by atoms with Crippen molar-refractivity contribution in [3.63, 3.8) is 0 Å². The van der Waals surface area contributed by atoms with Crippen molar-refractivity contribution in [2.45, 2.75) is 26.3 Å². The summed E-state index contributed by atoms with van der Waals surface area (Å²) in [6, 6.07) is 11.7. The molecule has 124 valence electrons. The second kappa shape index (κ2) is 7.35. The van der Waals surface area contributed by atoms with E-state index in [1.807, 2.05) is 44.2 Å². The Morgan fingerprint density at radius 2 is 1.91 bits per heavy atom. The van der Waals surface area contributed by atoms with Gasteiger partial charge in [-0.2, -0.15) is 0 Å². The molecule has 0 bridgehead atoms. The number of carboxylic acids is 1. The van der Waals surface area contributed by atoms with Gasteiger partial charge in [0.05, 0.1) is 0 Å². The molecule has 2 rings (SSSR count). The van der Waals surface area contributed by atoms with Crippen molar-refractivity contribution < 1.29 is 19.0 Å². The van der Waals surface area contributed by atoms with Crippen molar-refractivity contribution in [1.29, 1.82) is 0 Å². The molecule has 2 N–H and O–H groups in total. The molecule has 0 saturated heterocycles. The van der Waals surface area contributed by atoms with E-state index in [0.29, 0.717) is 12.2 Å². The van der Waals surface area contributed by atoms with Crippen LogP contribution in [0.15, 0.2) is 42.5 Å². The quantitative estimate of drug-likeness (QED) is 0.707. The number of benzene rings is 2. The van der Waals surface area contributed by atoms with Gasteiger partial charge >= 0.3 is 12.8 Å². The highest BCUT2D eigenvalue weighted by molar-refractivity contribution is 7.84. The van der Waals surface area contributed by atoms with Crippen molar-refractivity contribution in [3.05, 3.63) is 42.5 Å². The summed E-state index contributed by atoms with van der Waals surface area (Å²) in [4.78, 5) is 11.3. The Morgan fingerprint density at radius 1 is 1.26 bits per heavy atom. The second-order valence-electron chi connectivity index (χ2n) is 5.70. The third kappa shape index (κ3) is 4.96. The van der Waals surface area contributed by atoms with Crippen molar-refractivity contribution >= 4 is 34.9 Å². The van der Waals surface area contributed by atoms with Gasteiger partial charge in [0.25, 0.3) is 0 Å². The van der Waals surface area contributed by atoms with Crippen molar-refractivity contribution in [2.24, 2.45) is 5.92 Å². The summed E-state index contributed by atoms with van der Waals surface area (Å²) < 4.78 is 17.9. The maximum Gasteiger partial charge on any atom is 0.409 e. The Labute approximate surface area is 139 Å². The molecule has 5 nitrogen and oxygen atoms in total. The maximum atomic E-state index is 12.5. The summed E-state index contributed by atoms with van der Waals surface area (Å²) >= 11 is 5.95. The Balaban J connectivity index is 2.22. The highest BCUT2D eigenvalue weighted by Gasteiger charge is 2.30. The van der Waals surface area contributed by atoms with Crippen LogP contribution >= 0.6 is 18.1 Å². The Morgan fingerprint density at radius 3 is 2.57 bits per heavy atom. The molecule has 0 spiro atoms. The van der Waals surface area contributed by atoms with Crippen LogP contribution in [0.3, 0.4) is 0 Å². The lowest BCUT2D eigenvalue weighted by Crippen LogP contribution is -2.35. The highest BCUT2D eigenvalue weighted by atomic mass is 35.7. The SMILES string of the molecule is CC(C)CC(NP(=O)(Cl)Oc1cccc2ccccc12)C(=O)O. The summed E-state index contributed by atoms with van der Waals surface area (Å²) in [5.41, 5.74) is 0. The third-order valence-corrected chi connectivity index (χ3v) is 4.83. The van der Waals surface area contributed by atoms with E-state index in [0.717, 1.165) is 10.8 Å². The van der Waals surface area contributed by atoms with Gasteiger partial charge < -0.3 is 9.63 Å². The van der Waals surface area contributed by atoms with Gasteiger partial charge in [-0.05, 0) is 23.8 Å². The van der Waals surface area contributed by atoms with Crippen LogP contribution in [-0.2, 0) is 9.36 Å². The minimum atomic E-state index is -3.84. The van der Waals surface area contributed by atoms with Gasteiger partial charge in [-0.25, -0.2) is 9.65 Å². The average Bonchev–Trinajstić information content (AvgIpc) is 2.46. The number of halogens is 1. The molecule has 2 aromatic carbocycles. The van der Waals surface area contributed by atoms with Crippen LogP contribution in [0.25, 0.3) is 10.8 Å². The van der Waals surface area contributed by atoms with Crippen LogP contribution in [0.5, 0.6) is 5.75 Å². The normalized spacial score (nSPS) is 15.3. The Bertz CT molecular complexity index is 744. The number of carbonyl (C=O) groups is 1. The molecule has 7 heteroatoms.